The van der Waals surface area contributed by atoms with Gasteiger partial charge in [-0.05, 0) is 13.8 Å². The average Bonchev–Trinajstić information content (AvgIpc) is 2.63. The molecule has 0 amide bonds. The van der Waals surface area contributed by atoms with Crippen molar-refractivity contribution in [1.29, 1.82) is 0 Å². The van der Waals surface area contributed by atoms with Crippen LogP contribution in [0, 0.1) is 5.92 Å². The number of carbonyl (C=O) groups is 1. The van der Waals surface area contributed by atoms with Gasteiger partial charge in [0.1, 0.15) is 12.2 Å². The Kier molecular flexibility index (Phi) is 3.44. The monoisotopic (exact) mass is 211 g/mol. The molecule has 0 aliphatic rings. The van der Waals surface area contributed by atoms with Crippen molar-refractivity contribution in [2.24, 2.45) is 5.92 Å². The van der Waals surface area contributed by atoms with Gasteiger partial charge in [0.2, 0.25) is 0 Å². The van der Waals surface area contributed by atoms with Gasteiger partial charge >= 0.3 is 5.97 Å². The summed E-state index contributed by atoms with van der Waals surface area (Å²) in [5.74, 6) is -0.653. The molecule has 2 atom stereocenters. The van der Waals surface area contributed by atoms with Crippen LogP contribution in [0.25, 0.3) is 0 Å². The molecule has 15 heavy (non-hydrogen) atoms. The second kappa shape index (κ2) is 4.42. The molecule has 0 aliphatic carbocycles. The van der Waals surface area contributed by atoms with Crippen LogP contribution < -0.4 is 0 Å². The third-order valence-corrected chi connectivity index (χ3v) is 2.70. The molecule has 0 fully saturated rings. The van der Waals surface area contributed by atoms with E-state index in [2.05, 4.69) is 10.2 Å². The normalized spacial score (nSPS) is 15.3. The van der Waals surface area contributed by atoms with Crippen molar-refractivity contribution in [1.82, 2.24) is 14.8 Å². The van der Waals surface area contributed by atoms with Crippen LogP contribution in [-0.2, 0) is 4.79 Å². The number of nitrogens with zero attached hydrogens (tertiary/aromatic N) is 3. The van der Waals surface area contributed by atoms with Crippen molar-refractivity contribution in [2.45, 2.75) is 39.7 Å². The van der Waals surface area contributed by atoms with Crippen LogP contribution in [0.1, 0.15) is 45.5 Å². The summed E-state index contributed by atoms with van der Waals surface area (Å²) >= 11 is 0. The van der Waals surface area contributed by atoms with Gasteiger partial charge in [-0.3, -0.25) is 4.79 Å². The topological polar surface area (TPSA) is 68.0 Å². The minimum atomic E-state index is -0.805. The third-order valence-electron chi connectivity index (χ3n) is 2.70. The summed E-state index contributed by atoms with van der Waals surface area (Å²) in [6, 6.07) is 0.249. The first-order chi connectivity index (χ1) is 6.95. The molecule has 1 rings (SSSR count). The quantitative estimate of drug-likeness (QED) is 0.822. The number of hydrogen-bond donors (Lipinski definition) is 1. The fourth-order valence-corrected chi connectivity index (χ4v) is 1.41. The van der Waals surface area contributed by atoms with Crippen LogP contribution in [0.4, 0.5) is 0 Å². The molecule has 0 radical (unpaired) electrons. The predicted octanol–water partition coefficient (Wildman–Crippen LogP) is 1.68. The fraction of sp³-hybridized carbons (Fsp3) is 0.700. The molecule has 5 heteroatoms. The number of aliphatic carboxylic acids is 1. The van der Waals surface area contributed by atoms with Crippen molar-refractivity contribution in [3.8, 4) is 0 Å². The number of carboxylic acid groups (broad SMARTS) is 1. The van der Waals surface area contributed by atoms with Crippen LogP contribution in [0.15, 0.2) is 6.33 Å². The van der Waals surface area contributed by atoms with Gasteiger partial charge in [0, 0.05) is 12.0 Å². The highest BCUT2D eigenvalue weighted by atomic mass is 16.4. The molecule has 1 N–H and O–H groups in total. The maximum Gasteiger partial charge on any atom is 0.306 e. The molecular formula is C10H17N3O2. The van der Waals surface area contributed by atoms with Crippen molar-refractivity contribution in [2.75, 3.05) is 0 Å². The van der Waals surface area contributed by atoms with Gasteiger partial charge < -0.3 is 9.67 Å². The lowest BCUT2D eigenvalue weighted by atomic mass is 9.95. The number of carboxylic acids is 1. The molecule has 0 aliphatic heterocycles. The van der Waals surface area contributed by atoms with E-state index < -0.39 is 11.9 Å². The van der Waals surface area contributed by atoms with Crippen molar-refractivity contribution in [3.05, 3.63) is 12.2 Å². The number of aromatic nitrogens is 3. The molecule has 5 nitrogen and oxygen atoms in total. The highest BCUT2D eigenvalue weighted by molar-refractivity contribution is 5.70. The summed E-state index contributed by atoms with van der Waals surface area (Å²) in [7, 11) is 0. The molecule has 2 unspecified atom stereocenters. The highest BCUT2D eigenvalue weighted by Gasteiger charge is 2.25. The zero-order valence-electron chi connectivity index (χ0n) is 9.51. The first-order valence-electron chi connectivity index (χ1n) is 5.07. The van der Waals surface area contributed by atoms with Gasteiger partial charge in [-0.1, -0.05) is 13.8 Å². The molecule has 0 saturated carbocycles. The van der Waals surface area contributed by atoms with Crippen molar-refractivity contribution < 1.29 is 9.90 Å². The SMILES string of the molecule is CC(C(=O)O)C(C)c1nncn1C(C)C. The Bertz CT molecular complexity index is 346. The molecule has 0 aromatic carbocycles. The lowest BCUT2D eigenvalue weighted by Crippen LogP contribution is -2.20. The smallest absolute Gasteiger partial charge is 0.306 e. The summed E-state index contributed by atoms with van der Waals surface area (Å²) < 4.78 is 1.91. The van der Waals surface area contributed by atoms with Gasteiger partial charge in [-0.15, -0.1) is 10.2 Å². The Morgan fingerprint density at radius 1 is 1.40 bits per heavy atom. The molecule has 84 valence electrons. The first-order valence-corrected chi connectivity index (χ1v) is 5.07. The van der Waals surface area contributed by atoms with E-state index in [1.165, 1.54) is 0 Å². The fourth-order valence-electron chi connectivity index (χ4n) is 1.41. The molecular weight excluding hydrogens is 194 g/mol. The largest absolute Gasteiger partial charge is 0.481 e. The Morgan fingerprint density at radius 2 is 2.00 bits per heavy atom. The van der Waals surface area contributed by atoms with Gasteiger partial charge in [-0.2, -0.15) is 0 Å². The van der Waals surface area contributed by atoms with E-state index in [1.54, 1.807) is 13.3 Å². The minimum Gasteiger partial charge on any atom is -0.481 e. The summed E-state index contributed by atoms with van der Waals surface area (Å²) in [6.45, 7) is 7.59. The number of hydrogen-bond acceptors (Lipinski definition) is 3. The van der Waals surface area contributed by atoms with Crippen LogP contribution in [-0.4, -0.2) is 25.8 Å². The third kappa shape index (κ3) is 2.34. The Morgan fingerprint density at radius 3 is 2.47 bits per heavy atom. The minimum absolute atomic E-state index is 0.132. The van der Waals surface area contributed by atoms with Crippen molar-refractivity contribution in [3.63, 3.8) is 0 Å². The Labute approximate surface area is 89.1 Å². The average molecular weight is 211 g/mol. The molecule has 0 spiro atoms. The molecule has 0 saturated heterocycles. The molecule has 1 aromatic rings. The van der Waals surface area contributed by atoms with Crippen LogP contribution >= 0.6 is 0 Å². The van der Waals surface area contributed by atoms with Crippen molar-refractivity contribution >= 4 is 5.97 Å². The maximum absolute atomic E-state index is 10.9. The highest BCUT2D eigenvalue weighted by Crippen LogP contribution is 2.24. The van der Waals surface area contributed by atoms with E-state index in [4.69, 9.17) is 5.11 Å². The summed E-state index contributed by atoms with van der Waals surface area (Å²) in [4.78, 5) is 10.9. The van der Waals surface area contributed by atoms with Crippen LogP contribution in [0.3, 0.4) is 0 Å². The second-order valence-electron chi connectivity index (χ2n) is 4.11. The predicted molar refractivity (Wildman–Crippen MR) is 55.6 cm³/mol. The van der Waals surface area contributed by atoms with Crippen LogP contribution in [0.5, 0.6) is 0 Å². The van der Waals surface area contributed by atoms with E-state index in [0.29, 0.717) is 0 Å². The van der Waals surface area contributed by atoms with Gasteiger partial charge in [0.15, 0.2) is 0 Å². The first kappa shape index (κ1) is 11.7. The Balaban J connectivity index is 2.95. The summed E-state index contributed by atoms with van der Waals surface area (Å²) in [5, 5.41) is 16.7. The summed E-state index contributed by atoms with van der Waals surface area (Å²) in [5.41, 5.74) is 0. The van der Waals surface area contributed by atoms with Crippen LogP contribution in [0.2, 0.25) is 0 Å². The van der Waals surface area contributed by atoms with E-state index >= 15 is 0 Å². The van der Waals surface area contributed by atoms with Gasteiger partial charge in [-0.25, -0.2) is 0 Å². The lowest BCUT2D eigenvalue weighted by Gasteiger charge is -2.18. The lowest BCUT2D eigenvalue weighted by molar-refractivity contribution is -0.141. The maximum atomic E-state index is 10.9. The zero-order valence-corrected chi connectivity index (χ0v) is 9.51. The van der Waals surface area contributed by atoms with Gasteiger partial charge in [0.05, 0.1) is 5.92 Å². The van der Waals surface area contributed by atoms with E-state index in [9.17, 15) is 4.79 Å². The van der Waals surface area contributed by atoms with E-state index in [1.807, 2.05) is 25.3 Å². The standard InChI is InChI=1S/C10H17N3O2/c1-6(2)13-5-11-12-9(13)7(3)8(4)10(14)15/h5-8H,1-4H3,(H,14,15). The zero-order chi connectivity index (χ0) is 11.6. The van der Waals surface area contributed by atoms with E-state index in [-0.39, 0.29) is 12.0 Å². The molecule has 0 bridgehead atoms. The Hall–Kier alpha value is -1.39. The number of rotatable bonds is 4. The summed E-state index contributed by atoms with van der Waals surface area (Å²) in [6.07, 6.45) is 1.64. The van der Waals surface area contributed by atoms with E-state index in [0.717, 1.165) is 5.82 Å². The second-order valence-corrected chi connectivity index (χ2v) is 4.11. The molecule has 1 aromatic heterocycles. The molecule has 1 heterocycles. The van der Waals surface area contributed by atoms with Gasteiger partial charge in [0.25, 0.3) is 0 Å².